The van der Waals surface area contributed by atoms with E-state index in [0.717, 1.165) is 31.2 Å². The van der Waals surface area contributed by atoms with Crippen LogP contribution < -0.4 is 10.6 Å². The lowest BCUT2D eigenvalue weighted by Crippen LogP contribution is -2.38. The molecule has 0 aromatic heterocycles. The Hall–Kier alpha value is -1.10. The van der Waals surface area contributed by atoms with Gasteiger partial charge in [-0.05, 0) is 81.4 Å². The number of hydrogen-bond donors (Lipinski definition) is 2. The molecule has 0 bridgehead atoms. The predicted molar refractivity (Wildman–Crippen MR) is 107 cm³/mol. The minimum Gasteiger partial charge on any atom is -0.354 e. The summed E-state index contributed by atoms with van der Waals surface area (Å²) in [6.07, 6.45) is 5.48. The first-order valence-corrected chi connectivity index (χ1v) is 10.5. The highest BCUT2D eigenvalue weighted by Gasteiger charge is 2.26. The van der Waals surface area contributed by atoms with E-state index < -0.39 is 0 Å². The second-order valence-electron chi connectivity index (χ2n) is 7.89. The zero-order chi connectivity index (χ0) is 18.4. The van der Waals surface area contributed by atoms with Crippen LogP contribution in [-0.2, 0) is 4.79 Å². The van der Waals surface area contributed by atoms with Gasteiger partial charge in [-0.1, -0.05) is 30.7 Å². The normalized spacial score (nSPS) is 21.5. The number of carbonyl (C=O) groups excluding carboxylic acids is 1. The zero-order valence-electron chi connectivity index (χ0n) is 15.8. The molecule has 2 aliphatic rings. The Kier molecular flexibility index (Phi) is 7.35. The van der Waals surface area contributed by atoms with Crippen molar-refractivity contribution in [2.24, 2.45) is 11.8 Å². The van der Waals surface area contributed by atoms with Gasteiger partial charge in [0.25, 0.3) is 0 Å². The Morgan fingerprint density at radius 2 is 2.04 bits per heavy atom. The number of hydrogen-bond acceptors (Lipinski definition) is 3. The fraction of sp³-hybridized carbons (Fsp3) is 0.667. The maximum absolute atomic E-state index is 12.5. The fourth-order valence-electron chi connectivity index (χ4n) is 4.38. The van der Waals surface area contributed by atoms with Crippen molar-refractivity contribution in [1.29, 1.82) is 0 Å². The number of nitrogens with one attached hydrogen (secondary N) is 2. The topological polar surface area (TPSA) is 44.4 Å². The maximum atomic E-state index is 12.5. The number of rotatable bonds is 7. The second-order valence-corrected chi connectivity index (χ2v) is 8.32. The number of piperidine rings is 1. The highest BCUT2D eigenvalue weighted by molar-refractivity contribution is 6.30. The number of carbonyl (C=O) groups is 1. The Morgan fingerprint density at radius 1 is 1.31 bits per heavy atom. The van der Waals surface area contributed by atoms with Gasteiger partial charge in [-0.25, -0.2) is 0 Å². The molecule has 4 nitrogen and oxygen atoms in total. The van der Waals surface area contributed by atoms with Crippen LogP contribution in [0, 0.1) is 11.8 Å². The summed E-state index contributed by atoms with van der Waals surface area (Å²) in [5.74, 6) is 1.31. The molecular formula is C21H32ClN3O. The average Bonchev–Trinajstić information content (AvgIpc) is 3.17. The Labute approximate surface area is 162 Å². The van der Waals surface area contributed by atoms with Crippen molar-refractivity contribution < 1.29 is 4.79 Å². The standard InChI is InChI=1S/C21H32ClN3O/c1-16(17-7-9-23-10-8-17)13-21(26)24-15-20(25-11-2-3-12-25)18-5-4-6-19(22)14-18/h4-6,14,16-17,20,23H,2-3,7-13,15H2,1H3,(H,24,26). The molecule has 0 aliphatic carbocycles. The average molecular weight is 378 g/mol. The molecule has 2 atom stereocenters. The van der Waals surface area contributed by atoms with E-state index in [0.29, 0.717) is 24.8 Å². The summed E-state index contributed by atoms with van der Waals surface area (Å²) in [6, 6.07) is 8.29. The van der Waals surface area contributed by atoms with Gasteiger partial charge in [0.2, 0.25) is 5.91 Å². The van der Waals surface area contributed by atoms with Gasteiger partial charge in [-0.3, -0.25) is 9.69 Å². The minimum atomic E-state index is 0.183. The fourth-order valence-corrected chi connectivity index (χ4v) is 4.58. The van der Waals surface area contributed by atoms with Crippen molar-refractivity contribution in [3.05, 3.63) is 34.9 Å². The smallest absolute Gasteiger partial charge is 0.220 e. The summed E-state index contributed by atoms with van der Waals surface area (Å²) in [7, 11) is 0. The van der Waals surface area contributed by atoms with E-state index in [2.05, 4.69) is 28.5 Å². The molecule has 0 radical (unpaired) electrons. The van der Waals surface area contributed by atoms with Gasteiger partial charge in [-0.15, -0.1) is 0 Å². The van der Waals surface area contributed by atoms with Crippen LogP contribution in [0.25, 0.3) is 0 Å². The van der Waals surface area contributed by atoms with Gasteiger partial charge in [0.1, 0.15) is 0 Å². The van der Waals surface area contributed by atoms with E-state index in [-0.39, 0.29) is 11.9 Å². The number of benzene rings is 1. The first kappa shape index (κ1) is 19.7. The summed E-state index contributed by atoms with van der Waals surface area (Å²) in [6.45, 7) is 7.25. The van der Waals surface area contributed by atoms with Gasteiger partial charge in [0.05, 0.1) is 6.04 Å². The SMILES string of the molecule is CC(CC(=O)NCC(c1cccc(Cl)c1)N1CCCC1)C1CCNCC1. The molecule has 1 amide bonds. The second kappa shape index (κ2) is 9.72. The molecule has 3 rings (SSSR count). The molecule has 26 heavy (non-hydrogen) atoms. The van der Waals surface area contributed by atoms with Crippen molar-refractivity contribution in [3.63, 3.8) is 0 Å². The predicted octanol–water partition coefficient (Wildman–Crippen LogP) is 3.62. The van der Waals surface area contributed by atoms with Gasteiger partial charge in [-0.2, -0.15) is 0 Å². The highest BCUT2D eigenvalue weighted by Crippen LogP contribution is 2.27. The third-order valence-corrected chi connectivity index (χ3v) is 6.24. The Morgan fingerprint density at radius 3 is 2.73 bits per heavy atom. The van der Waals surface area contributed by atoms with Crippen LogP contribution in [0.5, 0.6) is 0 Å². The van der Waals surface area contributed by atoms with Crippen molar-refractivity contribution in [2.75, 3.05) is 32.7 Å². The number of nitrogens with zero attached hydrogens (tertiary/aromatic N) is 1. The van der Waals surface area contributed by atoms with Gasteiger partial charge in [0, 0.05) is 18.0 Å². The Balaban J connectivity index is 1.55. The van der Waals surface area contributed by atoms with Crippen LogP contribution in [0.4, 0.5) is 0 Å². The van der Waals surface area contributed by atoms with Gasteiger partial charge >= 0.3 is 0 Å². The number of likely N-dealkylation sites (tertiary alicyclic amines) is 1. The number of amides is 1. The van der Waals surface area contributed by atoms with E-state index >= 15 is 0 Å². The molecule has 2 heterocycles. The minimum absolute atomic E-state index is 0.183. The third-order valence-electron chi connectivity index (χ3n) is 6.00. The molecule has 2 N–H and O–H groups in total. The lowest BCUT2D eigenvalue weighted by Gasteiger charge is -2.30. The van der Waals surface area contributed by atoms with E-state index in [9.17, 15) is 4.79 Å². The summed E-state index contributed by atoms with van der Waals surface area (Å²) in [5.41, 5.74) is 1.20. The first-order chi connectivity index (χ1) is 12.6. The summed E-state index contributed by atoms with van der Waals surface area (Å²) < 4.78 is 0. The Bertz CT molecular complexity index is 582. The van der Waals surface area contributed by atoms with Gasteiger partial charge < -0.3 is 10.6 Å². The molecular weight excluding hydrogens is 346 g/mol. The molecule has 144 valence electrons. The molecule has 1 aromatic carbocycles. The van der Waals surface area contributed by atoms with E-state index in [4.69, 9.17) is 11.6 Å². The molecule has 2 fully saturated rings. The lowest BCUT2D eigenvalue weighted by molar-refractivity contribution is -0.122. The van der Waals surface area contributed by atoms with E-state index in [1.165, 1.54) is 31.2 Å². The van der Waals surface area contributed by atoms with Crippen LogP contribution in [0.1, 0.15) is 50.6 Å². The molecule has 5 heteroatoms. The van der Waals surface area contributed by atoms with Crippen molar-refractivity contribution in [2.45, 2.75) is 45.1 Å². The van der Waals surface area contributed by atoms with Crippen molar-refractivity contribution in [3.8, 4) is 0 Å². The highest BCUT2D eigenvalue weighted by atomic mass is 35.5. The molecule has 2 unspecified atom stereocenters. The molecule has 0 saturated carbocycles. The van der Waals surface area contributed by atoms with Crippen LogP contribution in [0.2, 0.25) is 5.02 Å². The van der Waals surface area contributed by atoms with Crippen molar-refractivity contribution in [1.82, 2.24) is 15.5 Å². The summed E-state index contributed by atoms with van der Waals surface area (Å²) >= 11 is 6.20. The summed E-state index contributed by atoms with van der Waals surface area (Å²) in [5, 5.41) is 7.37. The largest absolute Gasteiger partial charge is 0.354 e. The van der Waals surface area contributed by atoms with Gasteiger partial charge in [0.15, 0.2) is 0 Å². The molecule has 2 saturated heterocycles. The van der Waals surface area contributed by atoms with Crippen LogP contribution in [-0.4, -0.2) is 43.5 Å². The zero-order valence-corrected chi connectivity index (χ0v) is 16.6. The van der Waals surface area contributed by atoms with E-state index in [1.54, 1.807) is 0 Å². The van der Waals surface area contributed by atoms with Crippen LogP contribution >= 0.6 is 11.6 Å². The molecule has 1 aromatic rings. The third kappa shape index (κ3) is 5.45. The quantitative estimate of drug-likeness (QED) is 0.762. The van der Waals surface area contributed by atoms with Crippen LogP contribution in [0.3, 0.4) is 0 Å². The maximum Gasteiger partial charge on any atom is 0.220 e. The lowest BCUT2D eigenvalue weighted by atomic mass is 9.84. The van der Waals surface area contributed by atoms with E-state index in [1.807, 2.05) is 18.2 Å². The molecule has 0 spiro atoms. The van der Waals surface area contributed by atoms with Crippen molar-refractivity contribution >= 4 is 17.5 Å². The van der Waals surface area contributed by atoms with Crippen LogP contribution in [0.15, 0.2) is 24.3 Å². The molecule has 2 aliphatic heterocycles. The first-order valence-electron chi connectivity index (χ1n) is 10.1. The monoisotopic (exact) mass is 377 g/mol. The number of halogens is 1. The summed E-state index contributed by atoms with van der Waals surface area (Å²) in [4.78, 5) is 15.0.